The molecule has 0 bridgehead atoms. The lowest BCUT2D eigenvalue weighted by Gasteiger charge is -2.28. The summed E-state index contributed by atoms with van der Waals surface area (Å²) in [5, 5.41) is 3.50. The fraction of sp³-hybridized carbons (Fsp3) is 1.00. The van der Waals surface area contributed by atoms with Gasteiger partial charge in [-0.05, 0) is 18.9 Å². The molecular weight excluding hydrogens is 216 g/mol. The molecule has 0 saturated carbocycles. The number of nitrogens with one attached hydrogen (secondary N) is 1. The summed E-state index contributed by atoms with van der Waals surface area (Å²) in [7, 11) is 1.77. The number of hydrogen-bond donors (Lipinski definition) is 1. The minimum absolute atomic E-state index is 0.529. The van der Waals surface area contributed by atoms with Crippen LogP contribution < -0.4 is 5.32 Å². The maximum absolute atomic E-state index is 5.47. The summed E-state index contributed by atoms with van der Waals surface area (Å²) in [6, 6.07) is 0.529. The Morgan fingerprint density at radius 1 is 1.41 bits per heavy atom. The Hall–Kier alpha value is -0.160. The van der Waals surface area contributed by atoms with Gasteiger partial charge in [0.2, 0.25) is 0 Å². The van der Waals surface area contributed by atoms with Gasteiger partial charge in [0.15, 0.2) is 0 Å². The van der Waals surface area contributed by atoms with Crippen molar-refractivity contribution in [1.29, 1.82) is 0 Å². The van der Waals surface area contributed by atoms with Gasteiger partial charge in [-0.2, -0.15) is 0 Å². The van der Waals surface area contributed by atoms with Gasteiger partial charge in [-0.1, -0.05) is 13.8 Å². The zero-order valence-electron chi connectivity index (χ0n) is 11.6. The van der Waals surface area contributed by atoms with Gasteiger partial charge >= 0.3 is 0 Å². The molecule has 1 fully saturated rings. The van der Waals surface area contributed by atoms with Gasteiger partial charge in [0, 0.05) is 32.8 Å². The van der Waals surface area contributed by atoms with Crippen molar-refractivity contribution in [2.75, 3.05) is 53.1 Å². The predicted octanol–water partition coefficient (Wildman–Crippen LogP) is 0.969. The van der Waals surface area contributed by atoms with Crippen LogP contribution in [0.3, 0.4) is 0 Å². The average molecular weight is 244 g/mol. The average Bonchev–Trinajstić information content (AvgIpc) is 2.33. The van der Waals surface area contributed by atoms with Crippen LogP contribution in [0.4, 0.5) is 0 Å². The third-order valence-corrected chi connectivity index (χ3v) is 3.03. The Balaban J connectivity index is 2.21. The molecule has 1 N–H and O–H groups in total. The van der Waals surface area contributed by atoms with E-state index in [0.717, 1.165) is 52.4 Å². The zero-order valence-corrected chi connectivity index (χ0v) is 11.6. The third-order valence-electron chi connectivity index (χ3n) is 3.03. The predicted molar refractivity (Wildman–Crippen MR) is 70.4 cm³/mol. The molecule has 0 aromatic rings. The van der Waals surface area contributed by atoms with E-state index in [1.807, 2.05) is 0 Å². The molecular formula is C13H28N2O2. The van der Waals surface area contributed by atoms with Gasteiger partial charge in [0.05, 0.1) is 19.8 Å². The summed E-state index contributed by atoms with van der Waals surface area (Å²) in [5.41, 5.74) is 0. The summed E-state index contributed by atoms with van der Waals surface area (Å²) in [4.78, 5) is 2.49. The van der Waals surface area contributed by atoms with Crippen LogP contribution in [0.2, 0.25) is 0 Å². The molecule has 1 heterocycles. The molecule has 1 unspecified atom stereocenters. The highest BCUT2D eigenvalue weighted by Gasteiger charge is 2.15. The second kappa shape index (κ2) is 8.86. The minimum atomic E-state index is 0.529. The van der Waals surface area contributed by atoms with Crippen molar-refractivity contribution < 1.29 is 9.47 Å². The van der Waals surface area contributed by atoms with Crippen LogP contribution >= 0.6 is 0 Å². The first-order valence-corrected chi connectivity index (χ1v) is 6.74. The number of nitrogens with zero attached hydrogens (tertiary/aromatic N) is 1. The number of rotatable bonds is 8. The summed E-state index contributed by atoms with van der Waals surface area (Å²) in [5.74, 6) is 0.711. The molecule has 4 nitrogen and oxygen atoms in total. The van der Waals surface area contributed by atoms with E-state index >= 15 is 0 Å². The van der Waals surface area contributed by atoms with Crippen molar-refractivity contribution in [2.24, 2.45) is 5.92 Å². The van der Waals surface area contributed by atoms with Gasteiger partial charge in [-0.3, -0.25) is 0 Å². The SMILES string of the molecule is COCCN(CCC1COCCN1)CC(C)C. The second-order valence-electron chi connectivity index (χ2n) is 5.20. The summed E-state index contributed by atoms with van der Waals surface area (Å²) in [6.45, 7) is 11.4. The van der Waals surface area contributed by atoms with Crippen LogP contribution in [-0.4, -0.2) is 64.1 Å². The molecule has 0 aromatic carbocycles. The first-order valence-electron chi connectivity index (χ1n) is 6.74. The van der Waals surface area contributed by atoms with Crippen molar-refractivity contribution in [3.8, 4) is 0 Å². The molecule has 1 aliphatic rings. The van der Waals surface area contributed by atoms with E-state index in [2.05, 4.69) is 24.1 Å². The van der Waals surface area contributed by atoms with E-state index < -0.39 is 0 Å². The van der Waals surface area contributed by atoms with Crippen molar-refractivity contribution >= 4 is 0 Å². The van der Waals surface area contributed by atoms with Crippen molar-refractivity contribution in [3.05, 3.63) is 0 Å². The van der Waals surface area contributed by atoms with E-state index in [1.54, 1.807) is 7.11 Å². The Morgan fingerprint density at radius 2 is 2.24 bits per heavy atom. The van der Waals surface area contributed by atoms with Crippen molar-refractivity contribution in [3.63, 3.8) is 0 Å². The van der Waals surface area contributed by atoms with Gasteiger partial charge in [0.25, 0.3) is 0 Å². The zero-order chi connectivity index (χ0) is 12.5. The summed E-state index contributed by atoms with van der Waals surface area (Å²) < 4.78 is 10.6. The molecule has 1 atom stereocenters. The van der Waals surface area contributed by atoms with Crippen LogP contribution in [-0.2, 0) is 9.47 Å². The topological polar surface area (TPSA) is 33.7 Å². The highest BCUT2D eigenvalue weighted by Crippen LogP contribution is 2.04. The summed E-state index contributed by atoms with van der Waals surface area (Å²) in [6.07, 6.45) is 1.16. The van der Waals surface area contributed by atoms with Gasteiger partial charge in [-0.15, -0.1) is 0 Å². The van der Waals surface area contributed by atoms with Crippen LogP contribution in [0.25, 0.3) is 0 Å². The van der Waals surface area contributed by atoms with Gasteiger partial charge < -0.3 is 19.7 Å². The molecule has 4 heteroatoms. The van der Waals surface area contributed by atoms with E-state index in [9.17, 15) is 0 Å². The number of ether oxygens (including phenoxy) is 2. The molecule has 0 aromatic heterocycles. The molecule has 102 valence electrons. The van der Waals surface area contributed by atoms with Crippen LogP contribution in [0, 0.1) is 5.92 Å². The van der Waals surface area contributed by atoms with Crippen LogP contribution in [0.15, 0.2) is 0 Å². The molecule has 1 rings (SSSR count). The maximum Gasteiger partial charge on any atom is 0.0620 e. The molecule has 0 amide bonds. The van der Waals surface area contributed by atoms with E-state index in [1.165, 1.54) is 0 Å². The largest absolute Gasteiger partial charge is 0.383 e. The molecule has 17 heavy (non-hydrogen) atoms. The smallest absolute Gasteiger partial charge is 0.0620 e. The molecule has 0 spiro atoms. The Kier molecular flexibility index (Phi) is 7.77. The minimum Gasteiger partial charge on any atom is -0.383 e. The lowest BCUT2D eigenvalue weighted by Crippen LogP contribution is -2.44. The van der Waals surface area contributed by atoms with E-state index in [-0.39, 0.29) is 0 Å². The highest BCUT2D eigenvalue weighted by molar-refractivity contribution is 4.72. The highest BCUT2D eigenvalue weighted by atomic mass is 16.5. The van der Waals surface area contributed by atoms with Gasteiger partial charge in [-0.25, -0.2) is 0 Å². The molecule has 0 aliphatic carbocycles. The molecule has 0 radical (unpaired) electrons. The Labute approximate surface area is 106 Å². The number of methoxy groups -OCH3 is 1. The van der Waals surface area contributed by atoms with E-state index in [4.69, 9.17) is 9.47 Å². The standard InChI is InChI=1S/C13H28N2O2/c1-12(2)10-15(7-9-16-3)6-4-13-11-17-8-5-14-13/h12-14H,4-11H2,1-3H3. The Bertz CT molecular complexity index is 182. The lowest BCUT2D eigenvalue weighted by atomic mass is 10.1. The van der Waals surface area contributed by atoms with Crippen LogP contribution in [0.1, 0.15) is 20.3 Å². The third kappa shape index (κ3) is 6.99. The first kappa shape index (κ1) is 14.9. The quantitative estimate of drug-likeness (QED) is 0.690. The van der Waals surface area contributed by atoms with Crippen molar-refractivity contribution in [1.82, 2.24) is 10.2 Å². The Morgan fingerprint density at radius 3 is 2.82 bits per heavy atom. The number of morpholine rings is 1. The molecule has 1 aliphatic heterocycles. The van der Waals surface area contributed by atoms with Crippen LogP contribution in [0.5, 0.6) is 0 Å². The van der Waals surface area contributed by atoms with Crippen molar-refractivity contribution in [2.45, 2.75) is 26.3 Å². The normalized spacial score (nSPS) is 21.4. The monoisotopic (exact) mass is 244 g/mol. The first-order chi connectivity index (χ1) is 8.22. The molecule has 1 saturated heterocycles. The maximum atomic E-state index is 5.47. The fourth-order valence-corrected chi connectivity index (χ4v) is 2.17. The number of hydrogen-bond acceptors (Lipinski definition) is 4. The fourth-order valence-electron chi connectivity index (χ4n) is 2.17. The summed E-state index contributed by atoms with van der Waals surface area (Å²) >= 11 is 0. The lowest BCUT2D eigenvalue weighted by molar-refractivity contribution is 0.0669. The van der Waals surface area contributed by atoms with Gasteiger partial charge in [0.1, 0.15) is 0 Å². The second-order valence-corrected chi connectivity index (χ2v) is 5.20. The van der Waals surface area contributed by atoms with E-state index in [0.29, 0.717) is 12.0 Å².